The van der Waals surface area contributed by atoms with Gasteiger partial charge < -0.3 is 4.74 Å². The zero-order valence-corrected chi connectivity index (χ0v) is 8.88. The molecule has 0 aromatic heterocycles. The summed E-state index contributed by atoms with van der Waals surface area (Å²) in [5.74, 6) is -0.0736. The molecule has 0 saturated heterocycles. The van der Waals surface area contributed by atoms with Crippen LogP contribution in [0.4, 0.5) is 0 Å². The first-order chi connectivity index (χ1) is 6.16. The van der Waals surface area contributed by atoms with Gasteiger partial charge in [0.15, 0.2) is 0 Å². The molecule has 2 heteroatoms. The van der Waals surface area contributed by atoms with Gasteiger partial charge in [0.2, 0.25) is 0 Å². The van der Waals surface area contributed by atoms with Gasteiger partial charge in [-0.3, -0.25) is 4.79 Å². The number of allylic oxidation sites excluding steroid dienone is 2. The van der Waals surface area contributed by atoms with E-state index < -0.39 is 0 Å². The van der Waals surface area contributed by atoms with Crippen molar-refractivity contribution in [3.63, 3.8) is 0 Å². The van der Waals surface area contributed by atoms with Crippen molar-refractivity contribution >= 4 is 5.97 Å². The van der Waals surface area contributed by atoms with Crippen molar-refractivity contribution in [2.24, 2.45) is 0 Å². The molecule has 0 heterocycles. The van der Waals surface area contributed by atoms with Crippen LogP contribution in [0.3, 0.4) is 0 Å². The second-order valence-electron chi connectivity index (χ2n) is 3.35. The maximum atomic E-state index is 11.0. The summed E-state index contributed by atoms with van der Waals surface area (Å²) in [6, 6.07) is 0. The number of esters is 1. The zero-order chi connectivity index (χ0) is 10.1. The normalized spacial score (nSPS) is 11.1. The molecule has 0 aliphatic carbocycles. The summed E-state index contributed by atoms with van der Waals surface area (Å²) in [6.07, 6.45) is 7.78. The highest BCUT2D eigenvalue weighted by molar-refractivity contribution is 5.69. The highest BCUT2D eigenvalue weighted by Crippen LogP contribution is 2.03. The van der Waals surface area contributed by atoms with Crippen LogP contribution in [0.1, 0.15) is 46.5 Å². The fourth-order valence-corrected chi connectivity index (χ4v) is 1.02. The Hall–Kier alpha value is -0.790. The molecule has 0 fully saturated rings. The van der Waals surface area contributed by atoms with Crippen molar-refractivity contribution in [3.05, 3.63) is 12.2 Å². The molecule has 0 aliphatic rings. The molecule has 0 aromatic carbocycles. The standard InChI is InChI=1S/C11H20O2/c1-4-5-6-7-8-9-11(12)13-10(2)3/h4-5,10H,6-9H2,1-3H3. The molecular formula is C11H20O2. The number of carbonyl (C=O) groups is 1. The number of hydrogen-bond donors (Lipinski definition) is 0. The van der Waals surface area contributed by atoms with Crippen LogP contribution in [0.25, 0.3) is 0 Å². The van der Waals surface area contributed by atoms with Crippen molar-refractivity contribution in [1.29, 1.82) is 0 Å². The molecule has 0 radical (unpaired) electrons. The van der Waals surface area contributed by atoms with Crippen molar-refractivity contribution < 1.29 is 9.53 Å². The molecular weight excluding hydrogens is 164 g/mol. The molecule has 13 heavy (non-hydrogen) atoms. The minimum atomic E-state index is -0.0736. The summed E-state index contributed by atoms with van der Waals surface area (Å²) >= 11 is 0. The fraction of sp³-hybridized carbons (Fsp3) is 0.727. The van der Waals surface area contributed by atoms with E-state index in [1.807, 2.05) is 26.8 Å². The number of hydrogen-bond acceptors (Lipinski definition) is 2. The number of carbonyl (C=O) groups excluding carboxylic acids is 1. The Kier molecular flexibility index (Phi) is 7.36. The van der Waals surface area contributed by atoms with Crippen molar-refractivity contribution in [1.82, 2.24) is 0 Å². The molecule has 0 N–H and O–H groups in total. The van der Waals surface area contributed by atoms with Crippen LogP contribution in [-0.2, 0) is 9.53 Å². The van der Waals surface area contributed by atoms with Gasteiger partial charge in [-0.05, 0) is 40.0 Å². The second-order valence-corrected chi connectivity index (χ2v) is 3.35. The van der Waals surface area contributed by atoms with E-state index >= 15 is 0 Å². The van der Waals surface area contributed by atoms with Crippen molar-refractivity contribution in [3.8, 4) is 0 Å². The topological polar surface area (TPSA) is 26.3 Å². The van der Waals surface area contributed by atoms with E-state index in [1.54, 1.807) is 0 Å². The predicted octanol–water partition coefficient (Wildman–Crippen LogP) is 3.07. The largest absolute Gasteiger partial charge is 0.463 e. The third kappa shape index (κ3) is 9.12. The van der Waals surface area contributed by atoms with Gasteiger partial charge in [-0.1, -0.05) is 12.2 Å². The monoisotopic (exact) mass is 184 g/mol. The molecule has 0 bridgehead atoms. The van der Waals surface area contributed by atoms with Crippen molar-refractivity contribution in [2.45, 2.75) is 52.6 Å². The summed E-state index contributed by atoms with van der Waals surface area (Å²) < 4.78 is 5.00. The first kappa shape index (κ1) is 12.2. The quantitative estimate of drug-likeness (QED) is 0.360. The van der Waals surface area contributed by atoms with Gasteiger partial charge in [-0.25, -0.2) is 0 Å². The average Bonchev–Trinajstić information content (AvgIpc) is 2.02. The lowest BCUT2D eigenvalue weighted by atomic mass is 10.2. The van der Waals surface area contributed by atoms with E-state index in [0.29, 0.717) is 6.42 Å². The van der Waals surface area contributed by atoms with Gasteiger partial charge in [0.1, 0.15) is 0 Å². The molecule has 0 saturated carbocycles. The Morgan fingerprint density at radius 2 is 2.08 bits per heavy atom. The predicted molar refractivity (Wildman–Crippen MR) is 54.5 cm³/mol. The molecule has 2 nitrogen and oxygen atoms in total. The fourth-order valence-electron chi connectivity index (χ4n) is 1.02. The van der Waals surface area contributed by atoms with E-state index in [-0.39, 0.29) is 12.1 Å². The SMILES string of the molecule is CC=CCCCCC(=O)OC(C)C. The Morgan fingerprint density at radius 3 is 2.62 bits per heavy atom. The average molecular weight is 184 g/mol. The Balaban J connectivity index is 3.27. The first-order valence-corrected chi connectivity index (χ1v) is 4.97. The lowest BCUT2D eigenvalue weighted by molar-refractivity contribution is -0.147. The molecule has 0 atom stereocenters. The number of rotatable bonds is 6. The third-order valence-electron chi connectivity index (χ3n) is 1.60. The maximum absolute atomic E-state index is 11.0. The van der Waals surface area contributed by atoms with E-state index in [0.717, 1.165) is 19.3 Å². The zero-order valence-electron chi connectivity index (χ0n) is 8.88. The smallest absolute Gasteiger partial charge is 0.306 e. The van der Waals surface area contributed by atoms with Crippen LogP contribution in [-0.4, -0.2) is 12.1 Å². The molecule has 76 valence electrons. The molecule has 0 spiro atoms. The van der Waals surface area contributed by atoms with E-state index in [1.165, 1.54) is 0 Å². The number of ether oxygens (including phenoxy) is 1. The highest BCUT2D eigenvalue weighted by atomic mass is 16.5. The maximum Gasteiger partial charge on any atom is 0.306 e. The summed E-state index contributed by atoms with van der Waals surface area (Å²) in [7, 11) is 0. The third-order valence-corrected chi connectivity index (χ3v) is 1.60. The van der Waals surface area contributed by atoms with Gasteiger partial charge in [0, 0.05) is 6.42 Å². The van der Waals surface area contributed by atoms with Crippen molar-refractivity contribution in [2.75, 3.05) is 0 Å². The van der Waals surface area contributed by atoms with Crippen LogP contribution in [0.15, 0.2) is 12.2 Å². The van der Waals surface area contributed by atoms with E-state index in [9.17, 15) is 4.79 Å². The van der Waals surface area contributed by atoms with Gasteiger partial charge in [-0.15, -0.1) is 0 Å². The molecule has 0 unspecified atom stereocenters. The summed E-state index contributed by atoms with van der Waals surface area (Å²) in [6.45, 7) is 5.75. The Labute approximate surface area is 81.0 Å². The summed E-state index contributed by atoms with van der Waals surface area (Å²) in [5.41, 5.74) is 0. The van der Waals surface area contributed by atoms with Crippen LogP contribution in [0.5, 0.6) is 0 Å². The summed E-state index contributed by atoms with van der Waals surface area (Å²) in [4.78, 5) is 11.0. The lowest BCUT2D eigenvalue weighted by Crippen LogP contribution is -2.10. The summed E-state index contributed by atoms with van der Waals surface area (Å²) in [5, 5.41) is 0. The molecule has 0 aliphatic heterocycles. The van der Waals surface area contributed by atoms with Gasteiger partial charge in [-0.2, -0.15) is 0 Å². The van der Waals surface area contributed by atoms with Gasteiger partial charge in [0.05, 0.1) is 6.10 Å². The second kappa shape index (κ2) is 7.84. The van der Waals surface area contributed by atoms with E-state index in [4.69, 9.17) is 4.74 Å². The van der Waals surface area contributed by atoms with Crippen LogP contribution in [0, 0.1) is 0 Å². The Bertz CT molecular complexity index is 159. The number of unbranched alkanes of at least 4 members (excludes halogenated alkanes) is 2. The van der Waals surface area contributed by atoms with Crippen LogP contribution >= 0.6 is 0 Å². The van der Waals surface area contributed by atoms with Crippen LogP contribution < -0.4 is 0 Å². The molecule has 0 amide bonds. The molecule has 0 rings (SSSR count). The minimum Gasteiger partial charge on any atom is -0.463 e. The lowest BCUT2D eigenvalue weighted by Gasteiger charge is -2.06. The molecule has 0 aromatic rings. The highest BCUT2D eigenvalue weighted by Gasteiger charge is 2.03. The van der Waals surface area contributed by atoms with Gasteiger partial charge >= 0.3 is 5.97 Å². The van der Waals surface area contributed by atoms with Crippen LogP contribution in [0.2, 0.25) is 0 Å². The van der Waals surface area contributed by atoms with E-state index in [2.05, 4.69) is 6.08 Å². The first-order valence-electron chi connectivity index (χ1n) is 4.97. The Morgan fingerprint density at radius 1 is 1.38 bits per heavy atom. The van der Waals surface area contributed by atoms with Gasteiger partial charge in [0.25, 0.3) is 0 Å². The minimum absolute atomic E-state index is 0.0167.